The van der Waals surface area contributed by atoms with Crippen LogP contribution in [-0.4, -0.2) is 68.5 Å². The van der Waals surface area contributed by atoms with E-state index in [9.17, 15) is 19.5 Å². The molecule has 42 heavy (non-hydrogen) atoms. The fourth-order valence-electron chi connectivity index (χ4n) is 6.07. The molecule has 5 rings (SSSR count). The lowest BCUT2D eigenvalue weighted by Crippen LogP contribution is -2.57. The van der Waals surface area contributed by atoms with Crippen LogP contribution in [0.4, 0.5) is 4.39 Å². The molecule has 0 spiro atoms. The molecular weight excluding hydrogens is 555 g/mol. The van der Waals surface area contributed by atoms with E-state index in [0.29, 0.717) is 12.0 Å². The highest BCUT2D eigenvalue weighted by molar-refractivity contribution is 7.13. The minimum atomic E-state index is -1.95. The number of aliphatic hydroxyl groups is 1. The number of hydrogen-bond acceptors (Lipinski definition) is 6. The van der Waals surface area contributed by atoms with Gasteiger partial charge in [-0.3, -0.25) is 14.4 Å². The molecular formula is C32H37FN4O4S. The third-order valence-corrected chi connectivity index (χ3v) is 9.20. The molecule has 3 heterocycles. The smallest absolute Gasteiger partial charge is 0.255 e. The molecule has 0 saturated carbocycles. The van der Waals surface area contributed by atoms with Crippen LogP contribution in [0, 0.1) is 12.8 Å². The summed E-state index contributed by atoms with van der Waals surface area (Å²) in [5.74, 6) is -1.77. The summed E-state index contributed by atoms with van der Waals surface area (Å²) >= 11 is 1.56. The number of carbonyl (C=O) groups is 3. The van der Waals surface area contributed by atoms with Crippen LogP contribution in [0.1, 0.15) is 66.8 Å². The molecule has 8 nitrogen and oxygen atoms in total. The largest absolute Gasteiger partial charge is 0.388 e. The molecule has 5 atom stereocenters. The lowest BCUT2D eigenvalue weighted by Gasteiger charge is -2.35. The second-order valence-electron chi connectivity index (χ2n) is 11.5. The molecule has 0 aliphatic carbocycles. The van der Waals surface area contributed by atoms with Crippen LogP contribution in [0.3, 0.4) is 0 Å². The summed E-state index contributed by atoms with van der Waals surface area (Å²) in [6, 6.07) is 12.2. The second kappa shape index (κ2) is 12.3. The minimum absolute atomic E-state index is 0.255. The van der Waals surface area contributed by atoms with Crippen molar-refractivity contribution in [2.45, 2.75) is 77.5 Å². The van der Waals surface area contributed by atoms with Crippen LogP contribution < -0.4 is 5.32 Å². The Kier molecular flexibility index (Phi) is 8.75. The number of hydrogen-bond donors (Lipinski definition) is 2. The maximum atomic E-state index is 15.5. The molecule has 1 fully saturated rings. The number of carbonyl (C=O) groups excluding carboxylic acids is 3. The molecule has 3 amide bonds. The number of halogens is 1. The summed E-state index contributed by atoms with van der Waals surface area (Å²) in [5.41, 5.74) is 6.00. The minimum Gasteiger partial charge on any atom is -0.388 e. The SMILES string of the molecule is CCC[C@H](NC(=O)[C@@H]1[C@@H](F)[C@@H](O)CN1C(=O)[C@H](C(C)C)N1Cc2ccccc2C1=O)c1ccc(-c2scnc2C)cc1. The zero-order valence-electron chi connectivity index (χ0n) is 24.3. The number of β-amino-alcohol motifs (C(OH)–C–C–N with tert-alkyl or cyclic N) is 1. The lowest BCUT2D eigenvalue weighted by molar-refractivity contribution is -0.144. The average molecular weight is 593 g/mol. The van der Waals surface area contributed by atoms with Crippen LogP contribution >= 0.6 is 11.3 Å². The maximum absolute atomic E-state index is 15.5. The van der Waals surface area contributed by atoms with Gasteiger partial charge in [-0.05, 0) is 42.0 Å². The van der Waals surface area contributed by atoms with Gasteiger partial charge in [0.1, 0.15) is 18.2 Å². The molecule has 10 heteroatoms. The number of thiazole rings is 1. The monoisotopic (exact) mass is 592 g/mol. The van der Waals surface area contributed by atoms with Gasteiger partial charge in [0, 0.05) is 12.1 Å². The van der Waals surface area contributed by atoms with E-state index in [1.54, 1.807) is 29.0 Å². The van der Waals surface area contributed by atoms with Crippen molar-refractivity contribution in [3.05, 3.63) is 76.4 Å². The number of nitrogens with zero attached hydrogens (tertiary/aromatic N) is 3. The molecule has 0 unspecified atom stereocenters. The average Bonchev–Trinajstić information content (AvgIpc) is 3.64. The van der Waals surface area contributed by atoms with Crippen LogP contribution in [0.25, 0.3) is 10.4 Å². The molecule has 2 aromatic carbocycles. The lowest BCUT2D eigenvalue weighted by atomic mass is 9.98. The first-order valence-electron chi connectivity index (χ1n) is 14.4. The van der Waals surface area contributed by atoms with Crippen molar-refractivity contribution >= 4 is 29.1 Å². The summed E-state index contributed by atoms with van der Waals surface area (Å²) in [6.45, 7) is 7.53. The Balaban J connectivity index is 1.37. The Labute approximate surface area is 249 Å². The topological polar surface area (TPSA) is 103 Å². The van der Waals surface area contributed by atoms with Crippen molar-refractivity contribution < 1.29 is 23.9 Å². The predicted octanol–water partition coefficient (Wildman–Crippen LogP) is 4.67. The van der Waals surface area contributed by atoms with Gasteiger partial charge in [-0.25, -0.2) is 9.37 Å². The third-order valence-electron chi connectivity index (χ3n) is 8.22. The molecule has 2 aliphatic rings. The van der Waals surface area contributed by atoms with Gasteiger partial charge in [0.05, 0.1) is 28.7 Å². The first-order chi connectivity index (χ1) is 20.1. The van der Waals surface area contributed by atoms with Crippen molar-refractivity contribution in [3.63, 3.8) is 0 Å². The Morgan fingerprint density at radius 1 is 1.17 bits per heavy atom. The Morgan fingerprint density at radius 2 is 1.88 bits per heavy atom. The normalized spacial score (nSPS) is 21.5. The molecule has 2 aliphatic heterocycles. The van der Waals surface area contributed by atoms with E-state index in [1.807, 2.05) is 64.1 Å². The highest BCUT2D eigenvalue weighted by atomic mass is 32.1. The zero-order valence-corrected chi connectivity index (χ0v) is 25.1. The summed E-state index contributed by atoms with van der Waals surface area (Å²) in [6.07, 6.45) is -2.08. The van der Waals surface area contributed by atoms with E-state index in [4.69, 9.17) is 0 Å². The van der Waals surface area contributed by atoms with Crippen LogP contribution in [0.2, 0.25) is 0 Å². The number of benzene rings is 2. The van der Waals surface area contributed by atoms with Gasteiger partial charge >= 0.3 is 0 Å². The molecule has 2 N–H and O–H groups in total. The zero-order chi connectivity index (χ0) is 30.1. The fourth-order valence-corrected chi connectivity index (χ4v) is 6.89. The van der Waals surface area contributed by atoms with Crippen molar-refractivity contribution in [2.75, 3.05) is 6.54 Å². The van der Waals surface area contributed by atoms with E-state index in [2.05, 4.69) is 10.3 Å². The number of alkyl halides is 1. The Bertz CT molecular complexity index is 1460. The highest BCUT2D eigenvalue weighted by Gasteiger charge is 2.51. The number of aliphatic hydroxyl groups excluding tert-OH is 1. The number of fused-ring (bicyclic) bond motifs is 1. The van der Waals surface area contributed by atoms with Crippen molar-refractivity contribution in [3.8, 4) is 10.4 Å². The predicted molar refractivity (Wildman–Crippen MR) is 159 cm³/mol. The quantitative estimate of drug-likeness (QED) is 0.376. The number of likely N-dealkylation sites (tertiary alicyclic amines) is 1. The Hall–Kier alpha value is -3.63. The van der Waals surface area contributed by atoms with E-state index in [-0.39, 0.29) is 24.9 Å². The Morgan fingerprint density at radius 3 is 2.50 bits per heavy atom. The first-order valence-corrected chi connectivity index (χ1v) is 15.3. The highest BCUT2D eigenvalue weighted by Crippen LogP contribution is 2.32. The van der Waals surface area contributed by atoms with Crippen LogP contribution in [-0.2, 0) is 16.1 Å². The number of amides is 3. The van der Waals surface area contributed by atoms with Gasteiger partial charge in [0.2, 0.25) is 11.8 Å². The molecule has 1 saturated heterocycles. The van der Waals surface area contributed by atoms with Gasteiger partial charge in [-0.15, -0.1) is 11.3 Å². The second-order valence-corrected chi connectivity index (χ2v) is 12.3. The number of rotatable bonds is 9. The molecule has 3 aromatic rings. The molecule has 0 bridgehead atoms. The van der Waals surface area contributed by atoms with Crippen molar-refractivity contribution in [2.24, 2.45) is 5.92 Å². The van der Waals surface area contributed by atoms with E-state index in [0.717, 1.165) is 38.6 Å². The summed E-state index contributed by atoms with van der Waals surface area (Å²) in [7, 11) is 0. The summed E-state index contributed by atoms with van der Waals surface area (Å²) < 4.78 is 15.5. The van der Waals surface area contributed by atoms with Gasteiger partial charge in [0.25, 0.3) is 5.91 Å². The number of nitrogens with one attached hydrogen (secondary N) is 1. The van der Waals surface area contributed by atoms with Gasteiger partial charge in [-0.1, -0.05) is 69.7 Å². The number of aromatic nitrogens is 1. The summed E-state index contributed by atoms with van der Waals surface area (Å²) in [5, 5.41) is 13.4. The van der Waals surface area contributed by atoms with Gasteiger partial charge in [-0.2, -0.15) is 0 Å². The first kappa shape index (κ1) is 29.8. The standard InChI is InChI=1S/C32H37FN4O4S/c1-5-8-24(20-11-13-21(14-12-20)29-19(4)34-17-42-29)35-30(39)28-26(33)25(38)16-37(28)32(41)27(18(2)3)36-15-22-9-6-7-10-23(22)31(36)40/h6-7,9-14,17-18,24-28,38H,5,8,15-16H2,1-4H3,(H,35,39)/t24-,25-,26-,27-,28-/m0/s1. The van der Waals surface area contributed by atoms with E-state index in [1.165, 1.54) is 4.90 Å². The van der Waals surface area contributed by atoms with Gasteiger partial charge in [0.15, 0.2) is 6.17 Å². The van der Waals surface area contributed by atoms with Crippen LogP contribution in [0.15, 0.2) is 54.0 Å². The van der Waals surface area contributed by atoms with E-state index < -0.39 is 42.2 Å². The van der Waals surface area contributed by atoms with Crippen molar-refractivity contribution in [1.82, 2.24) is 20.1 Å². The van der Waals surface area contributed by atoms with E-state index >= 15 is 4.39 Å². The molecule has 1 aromatic heterocycles. The molecule has 0 radical (unpaired) electrons. The summed E-state index contributed by atoms with van der Waals surface area (Å²) in [4.78, 5) is 49.0. The molecule has 222 valence electrons. The fraction of sp³-hybridized carbons (Fsp3) is 0.438. The van der Waals surface area contributed by atoms with Crippen molar-refractivity contribution in [1.29, 1.82) is 0 Å². The van der Waals surface area contributed by atoms with Crippen LogP contribution in [0.5, 0.6) is 0 Å². The number of aryl methyl sites for hydroxylation is 1. The third kappa shape index (κ3) is 5.57. The van der Waals surface area contributed by atoms with Gasteiger partial charge < -0.3 is 20.2 Å². The maximum Gasteiger partial charge on any atom is 0.255 e.